The van der Waals surface area contributed by atoms with Gasteiger partial charge in [-0.25, -0.2) is 13.1 Å². The number of nitrogens with zero attached hydrogens (tertiary/aromatic N) is 3. The first-order valence-electron chi connectivity index (χ1n) is 8.02. The molecule has 148 valence electrons. The highest BCUT2D eigenvalue weighted by molar-refractivity contribution is 7.89. The number of aromatic nitrogens is 2. The van der Waals surface area contributed by atoms with Gasteiger partial charge < -0.3 is 10.5 Å². The molecule has 0 bridgehead atoms. The maximum atomic E-state index is 12.4. The van der Waals surface area contributed by atoms with E-state index in [1.807, 2.05) is 0 Å². The number of nitriles is 1. The van der Waals surface area contributed by atoms with Crippen molar-refractivity contribution in [3.63, 3.8) is 0 Å². The first kappa shape index (κ1) is 21.4. The van der Waals surface area contributed by atoms with Gasteiger partial charge in [-0.15, -0.1) is 0 Å². The maximum absolute atomic E-state index is 12.4. The largest absolute Gasteiger partial charge is 0.457 e. The average molecular weight is 423 g/mol. The lowest BCUT2D eigenvalue weighted by Gasteiger charge is -2.07. The number of nitrogens with two attached hydrogens (primary N) is 1. The molecule has 1 heterocycles. The Morgan fingerprint density at radius 3 is 2.79 bits per heavy atom. The number of hydrogen-bond acceptors (Lipinski definition) is 10. The molecule has 0 saturated heterocycles. The molecule has 0 unspecified atom stereocenters. The molecule has 0 aliphatic rings. The van der Waals surface area contributed by atoms with E-state index in [9.17, 15) is 18.0 Å². The number of sulfonamides is 1. The van der Waals surface area contributed by atoms with Gasteiger partial charge >= 0.3 is 5.97 Å². The van der Waals surface area contributed by atoms with Crippen molar-refractivity contribution in [2.75, 3.05) is 13.2 Å². The minimum Gasteiger partial charge on any atom is -0.457 e. The zero-order valence-corrected chi connectivity index (χ0v) is 16.5. The molecule has 0 radical (unpaired) electrons. The van der Waals surface area contributed by atoms with Gasteiger partial charge in [0.05, 0.1) is 11.7 Å². The second kappa shape index (κ2) is 9.36. The second-order valence-electron chi connectivity index (χ2n) is 5.64. The van der Waals surface area contributed by atoms with Gasteiger partial charge in [0.15, 0.2) is 6.61 Å². The van der Waals surface area contributed by atoms with Crippen LogP contribution in [0, 0.1) is 11.3 Å². The molecule has 0 spiro atoms. The van der Waals surface area contributed by atoms with Crippen molar-refractivity contribution in [3.8, 4) is 6.07 Å². The summed E-state index contributed by atoms with van der Waals surface area (Å²) in [6.07, 6.45) is 0.0554. The monoisotopic (exact) mass is 423 g/mol. The van der Waals surface area contributed by atoms with Gasteiger partial charge in [0, 0.05) is 18.7 Å². The zero-order valence-electron chi connectivity index (χ0n) is 14.8. The van der Waals surface area contributed by atoms with Crippen LogP contribution in [0.3, 0.4) is 0 Å². The van der Waals surface area contributed by atoms with Crippen molar-refractivity contribution in [2.45, 2.75) is 24.7 Å². The fourth-order valence-electron chi connectivity index (χ4n) is 2.18. The summed E-state index contributed by atoms with van der Waals surface area (Å²) in [5.74, 6) is -1.38. The zero-order chi connectivity index (χ0) is 20.7. The standard InChI is InChI=1S/C16H17N5O5S2/c1-10(18)11(8-17)13(22)9-26-15(23)6-3-7-19-28(24,25)14-5-2-4-12-16(14)21-27-20-12/h2,4-5,19H,3,6-7,9,18H2,1H3/b11-10+. The third-order valence-electron chi connectivity index (χ3n) is 3.54. The molecule has 0 fully saturated rings. The van der Waals surface area contributed by atoms with Crippen LogP contribution in [-0.4, -0.2) is 42.1 Å². The normalized spacial score (nSPS) is 12.3. The first-order chi connectivity index (χ1) is 13.3. The Balaban J connectivity index is 1.82. The molecule has 1 aromatic heterocycles. The van der Waals surface area contributed by atoms with E-state index in [4.69, 9.17) is 15.7 Å². The van der Waals surface area contributed by atoms with E-state index < -0.39 is 28.4 Å². The van der Waals surface area contributed by atoms with Gasteiger partial charge in [-0.2, -0.15) is 14.0 Å². The quantitative estimate of drug-likeness (QED) is 0.254. The fourth-order valence-corrected chi connectivity index (χ4v) is 4.01. The number of fused-ring (bicyclic) bond motifs is 1. The van der Waals surface area contributed by atoms with Gasteiger partial charge in [-0.3, -0.25) is 9.59 Å². The summed E-state index contributed by atoms with van der Waals surface area (Å²) in [6, 6.07) is 6.30. The number of ether oxygens (including phenoxy) is 1. The minimum absolute atomic E-state index is 0.00934. The molecule has 1 aromatic carbocycles. The third kappa shape index (κ3) is 5.32. The number of allylic oxidation sites excluding steroid dienone is 1. The SMILES string of the molecule is C/C(N)=C(/C#N)C(=O)COC(=O)CCCNS(=O)(=O)c1cccc2nsnc12. The number of Topliss-reactive ketones (excluding diaryl/α,β-unsaturated/α-hetero) is 1. The van der Waals surface area contributed by atoms with Crippen molar-refractivity contribution < 1.29 is 22.7 Å². The molecule has 3 N–H and O–H groups in total. The molecule has 0 atom stereocenters. The summed E-state index contributed by atoms with van der Waals surface area (Å²) < 4.78 is 39.9. The Morgan fingerprint density at radius 2 is 2.11 bits per heavy atom. The van der Waals surface area contributed by atoms with Gasteiger partial charge in [-0.1, -0.05) is 6.07 Å². The summed E-state index contributed by atoms with van der Waals surface area (Å²) in [6.45, 7) is 0.790. The van der Waals surface area contributed by atoms with Gasteiger partial charge in [-0.05, 0) is 25.5 Å². The van der Waals surface area contributed by atoms with Crippen molar-refractivity contribution in [1.29, 1.82) is 5.26 Å². The number of rotatable bonds is 9. The Kier molecular flexibility index (Phi) is 7.16. The lowest BCUT2D eigenvalue weighted by Crippen LogP contribution is -2.26. The van der Waals surface area contributed by atoms with E-state index in [-0.39, 0.29) is 41.1 Å². The highest BCUT2D eigenvalue weighted by Crippen LogP contribution is 2.20. The number of carbonyl (C=O) groups is 2. The molecule has 0 aliphatic carbocycles. The second-order valence-corrected chi connectivity index (χ2v) is 7.91. The molecule has 0 amide bonds. The molecule has 2 rings (SSSR count). The molecule has 2 aromatic rings. The van der Waals surface area contributed by atoms with Gasteiger partial charge in [0.2, 0.25) is 15.8 Å². The van der Waals surface area contributed by atoms with E-state index in [0.717, 1.165) is 11.7 Å². The third-order valence-corrected chi connectivity index (χ3v) is 5.57. The Labute approximate surface area is 165 Å². The topological polar surface area (TPSA) is 165 Å². The number of nitrogens with one attached hydrogen (secondary N) is 1. The van der Waals surface area contributed by atoms with E-state index in [1.165, 1.54) is 13.0 Å². The smallest absolute Gasteiger partial charge is 0.306 e. The predicted molar refractivity (Wildman–Crippen MR) is 100 cm³/mol. The van der Waals surface area contributed by atoms with Crippen LogP contribution in [-0.2, 0) is 24.3 Å². The van der Waals surface area contributed by atoms with E-state index in [1.54, 1.807) is 18.2 Å². The molecular formula is C16H17N5O5S2. The number of esters is 1. The Morgan fingerprint density at radius 1 is 1.36 bits per heavy atom. The molecule has 0 saturated carbocycles. The number of ketones is 1. The number of benzene rings is 1. The van der Waals surface area contributed by atoms with E-state index in [0.29, 0.717) is 5.52 Å². The Bertz CT molecular complexity index is 1060. The number of carbonyl (C=O) groups excluding carboxylic acids is 2. The van der Waals surface area contributed by atoms with Crippen molar-refractivity contribution in [2.24, 2.45) is 5.73 Å². The summed E-state index contributed by atoms with van der Waals surface area (Å²) in [5.41, 5.74) is 5.95. The van der Waals surface area contributed by atoms with Crippen molar-refractivity contribution in [3.05, 3.63) is 29.5 Å². The highest BCUT2D eigenvalue weighted by Gasteiger charge is 2.19. The summed E-state index contributed by atoms with van der Waals surface area (Å²) >= 11 is 0.916. The van der Waals surface area contributed by atoms with E-state index in [2.05, 4.69) is 13.5 Å². The van der Waals surface area contributed by atoms with Crippen LogP contribution in [0.2, 0.25) is 0 Å². The summed E-state index contributed by atoms with van der Waals surface area (Å²) in [5, 5.41) is 8.81. The van der Waals surface area contributed by atoms with E-state index >= 15 is 0 Å². The average Bonchev–Trinajstić information content (AvgIpc) is 3.12. The lowest BCUT2D eigenvalue weighted by atomic mass is 10.1. The fraction of sp³-hybridized carbons (Fsp3) is 0.312. The molecule has 0 aliphatic heterocycles. The number of hydrogen-bond donors (Lipinski definition) is 2. The van der Waals surface area contributed by atoms with Gasteiger partial charge in [0.25, 0.3) is 0 Å². The lowest BCUT2D eigenvalue weighted by molar-refractivity contribution is -0.147. The molecular weight excluding hydrogens is 406 g/mol. The van der Waals surface area contributed by atoms with Crippen LogP contribution in [0.5, 0.6) is 0 Å². The summed E-state index contributed by atoms with van der Waals surface area (Å²) in [7, 11) is -3.81. The van der Waals surface area contributed by atoms with Crippen molar-refractivity contribution >= 4 is 44.5 Å². The van der Waals surface area contributed by atoms with Crippen LogP contribution < -0.4 is 10.5 Å². The van der Waals surface area contributed by atoms with Gasteiger partial charge in [0.1, 0.15) is 27.6 Å². The highest BCUT2D eigenvalue weighted by atomic mass is 32.2. The van der Waals surface area contributed by atoms with Crippen LogP contribution in [0.15, 0.2) is 34.4 Å². The first-order valence-corrected chi connectivity index (χ1v) is 10.2. The van der Waals surface area contributed by atoms with Crippen LogP contribution in [0.25, 0.3) is 11.0 Å². The molecule has 10 nitrogen and oxygen atoms in total. The molecule has 28 heavy (non-hydrogen) atoms. The summed E-state index contributed by atoms with van der Waals surface area (Å²) in [4.78, 5) is 23.4. The molecule has 12 heteroatoms. The predicted octanol–water partition coefficient (Wildman–Crippen LogP) is 0.618. The van der Waals surface area contributed by atoms with Crippen LogP contribution in [0.4, 0.5) is 0 Å². The van der Waals surface area contributed by atoms with Crippen LogP contribution >= 0.6 is 11.7 Å². The Hall–Kier alpha value is -2.88. The van der Waals surface area contributed by atoms with Crippen LogP contribution in [0.1, 0.15) is 19.8 Å². The minimum atomic E-state index is -3.81. The maximum Gasteiger partial charge on any atom is 0.306 e. The van der Waals surface area contributed by atoms with Crippen molar-refractivity contribution in [1.82, 2.24) is 13.5 Å².